The average Bonchev–Trinajstić information content (AvgIpc) is 2.86. The molecule has 0 saturated heterocycles. The zero-order chi connectivity index (χ0) is 15.9. The van der Waals surface area contributed by atoms with Crippen LogP contribution in [-0.2, 0) is 6.18 Å². The highest BCUT2D eigenvalue weighted by Crippen LogP contribution is 2.41. The lowest BCUT2D eigenvalue weighted by Gasteiger charge is -2.07. The van der Waals surface area contributed by atoms with E-state index < -0.39 is 17.6 Å². The molecule has 0 aliphatic rings. The van der Waals surface area contributed by atoms with Crippen molar-refractivity contribution in [1.82, 2.24) is 0 Å². The first-order valence-electron chi connectivity index (χ1n) is 6.34. The molecule has 22 heavy (non-hydrogen) atoms. The molecule has 114 valence electrons. The lowest BCUT2D eigenvalue weighted by atomic mass is 10.0. The summed E-state index contributed by atoms with van der Waals surface area (Å²) in [5, 5.41) is 1.02. The topological polar surface area (TPSA) is 13.1 Å². The van der Waals surface area contributed by atoms with Crippen molar-refractivity contribution in [3.8, 4) is 11.1 Å². The Hall–Kier alpha value is -1.95. The molecule has 1 aromatic heterocycles. The molecular formula is C16H10F4OS. The van der Waals surface area contributed by atoms with Gasteiger partial charge in [-0.05, 0) is 30.0 Å². The average molecular weight is 326 g/mol. The standard InChI is InChI=1S/C16H10F4OS/c1-22-15-13(11-3-2-4-12(17)14(11)21-15)9-5-7-10(8-6-9)16(18,19)20/h2-8H,1H3. The van der Waals surface area contributed by atoms with Gasteiger partial charge in [0.05, 0.1) is 5.56 Å². The highest BCUT2D eigenvalue weighted by atomic mass is 32.2. The fourth-order valence-electron chi connectivity index (χ4n) is 2.31. The molecule has 0 fully saturated rings. The van der Waals surface area contributed by atoms with Crippen molar-refractivity contribution in [1.29, 1.82) is 0 Å². The molecule has 0 unspecified atom stereocenters. The van der Waals surface area contributed by atoms with Gasteiger partial charge in [-0.25, -0.2) is 4.39 Å². The van der Waals surface area contributed by atoms with Crippen molar-refractivity contribution >= 4 is 22.7 Å². The monoisotopic (exact) mass is 326 g/mol. The van der Waals surface area contributed by atoms with Crippen LogP contribution in [0, 0.1) is 5.82 Å². The number of thioether (sulfide) groups is 1. The molecule has 0 aliphatic carbocycles. The highest BCUT2D eigenvalue weighted by molar-refractivity contribution is 7.98. The van der Waals surface area contributed by atoms with E-state index in [0.29, 0.717) is 21.6 Å². The number of alkyl halides is 3. The van der Waals surface area contributed by atoms with Crippen LogP contribution in [-0.4, -0.2) is 6.26 Å². The normalized spacial score (nSPS) is 12.0. The maximum Gasteiger partial charge on any atom is 0.416 e. The van der Waals surface area contributed by atoms with E-state index in [9.17, 15) is 17.6 Å². The number of hydrogen-bond donors (Lipinski definition) is 0. The van der Waals surface area contributed by atoms with E-state index in [0.717, 1.165) is 12.1 Å². The van der Waals surface area contributed by atoms with Crippen molar-refractivity contribution in [2.24, 2.45) is 0 Å². The second kappa shape index (κ2) is 5.35. The molecule has 0 radical (unpaired) electrons. The molecule has 0 N–H and O–H groups in total. The van der Waals surface area contributed by atoms with Crippen LogP contribution in [0.15, 0.2) is 52.0 Å². The van der Waals surface area contributed by atoms with Crippen LogP contribution in [0.25, 0.3) is 22.1 Å². The smallest absolute Gasteiger partial charge is 0.416 e. The summed E-state index contributed by atoms with van der Waals surface area (Å²) >= 11 is 1.28. The number of para-hydroxylation sites is 1. The third kappa shape index (κ3) is 2.47. The quantitative estimate of drug-likeness (QED) is 0.424. The maximum absolute atomic E-state index is 13.8. The van der Waals surface area contributed by atoms with Crippen LogP contribution in [0.3, 0.4) is 0 Å². The van der Waals surface area contributed by atoms with E-state index in [-0.39, 0.29) is 5.58 Å². The van der Waals surface area contributed by atoms with Crippen molar-refractivity contribution in [3.63, 3.8) is 0 Å². The summed E-state index contributed by atoms with van der Waals surface area (Å²) in [7, 11) is 0. The number of furan rings is 1. The Morgan fingerprint density at radius 1 is 1.00 bits per heavy atom. The molecule has 0 atom stereocenters. The maximum atomic E-state index is 13.8. The summed E-state index contributed by atoms with van der Waals surface area (Å²) in [6.07, 6.45) is -2.62. The fraction of sp³-hybridized carbons (Fsp3) is 0.125. The number of rotatable bonds is 2. The Kier molecular flexibility index (Phi) is 3.64. The van der Waals surface area contributed by atoms with Gasteiger partial charge in [-0.3, -0.25) is 0 Å². The van der Waals surface area contributed by atoms with Gasteiger partial charge in [0.15, 0.2) is 16.5 Å². The first kappa shape index (κ1) is 15.0. The minimum Gasteiger partial charge on any atom is -0.446 e. The predicted molar refractivity (Wildman–Crippen MR) is 78.4 cm³/mol. The zero-order valence-corrected chi connectivity index (χ0v) is 12.2. The van der Waals surface area contributed by atoms with Crippen LogP contribution in [0.1, 0.15) is 5.56 Å². The molecule has 3 aromatic rings. The Bertz CT molecular complexity index is 819. The SMILES string of the molecule is CSc1oc2c(F)cccc2c1-c1ccc(C(F)(F)F)cc1. The van der Waals surface area contributed by atoms with Crippen LogP contribution in [0.2, 0.25) is 0 Å². The van der Waals surface area contributed by atoms with E-state index >= 15 is 0 Å². The summed E-state index contributed by atoms with van der Waals surface area (Å²) in [5.74, 6) is -0.494. The summed E-state index contributed by atoms with van der Waals surface area (Å²) in [6.45, 7) is 0. The molecule has 1 nitrogen and oxygen atoms in total. The molecule has 0 bridgehead atoms. The first-order chi connectivity index (χ1) is 10.4. The van der Waals surface area contributed by atoms with E-state index in [4.69, 9.17) is 4.42 Å². The van der Waals surface area contributed by atoms with Crippen molar-refractivity contribution in [2.45, 2.75) is 11.3 Å². The Balaban J connectivity index is 2.19. The molecule has 0 amide bonds. The fourth-order valence-corrected chi connectivity index (χ4v) is 2.90. The van der Waals surface area contributed by atoms with Crippen LogP contribution in [0.4, 0.5) is 17.6 Å². The predicted octanol–water partition coefficient (Wildman–Crippen LogP) is 5.98. The zero-order valence-electron chi connectivity index (χ0n) is 11.4. The summed E-state index contributed by atoms with van der Waals surface area (Å²) in [4.78, 5) is 0. The van der Waals surface area contributed by atoms with Gasteiger partial charge in [-0.2, -0.15) is 13.2 Å². The lowest BCUT2D eigenvalue weighted by molar-refractivity contribution is -0.137. The third-order valence-corrected chi connectivity index (χ3v) is 3.98. The largest absolute Gasteiger partial charge is 0.446 e. The Labute approximate surface area is 127 Å². The van der Waals surface area contributed by atoms with Gasteiger partial charge < -0.3 is 4.42 Å². The third-order valence-electron chi connectivity index (χ3n) is 3.32. The van der Waals surface area contributed by atoms with Crippen LogP contribution in [0.5, 0.6) is 0 Å². The first-order valence-corrected chi connectivity index (χ1v) is 7.57. The van der Waals surface area contributed by atoms with Gasteiger partial charge in [0.1, 0.15) is 0 Å². The number of hydrogen-bond acceptors (Lipinski definition) is 2. The Morgan fingerprint density at radius 3 is 2.27 bits per heavy atom. The van der Waals surface area contributed by atoms with Crippen LogP contribution >= 0.6 is 11.8 Å². The van der Waals surface area contributed by atoms with E-state index in [2.05, 4.69) is 0 Å². The van der Waals surface area contributed by atoms with Crippen molar-refractivity contribution < 1.29 is 22.0 Å². The second-order valence-corrected chi connectivity index (χ2v) is 5.44. The molecule has 0 spiro atoms. The highest BCUT2D eigenvalue weighted by Gasteiger charge is 2.30. The summed E-state index contributed by atoms with van der Waals surface area (Å²) < 4.78 is 57.2. The van der Waals surface area contributed by atoms with Crippen LogP contribution < -0.4 is 0 Å². The molecule has 0 aliphatic heterocycles. The van der Waals surface area contributed by atoms with Gasteiger partial charge in [0, 0.05) is 10.9 Å². The molecule has 3 rings (SSSR count). The number of halogens is 4. The molecule has 1 heterocycles. The van der Waals surface area contributed by atoms with E-state index in [1.807, 2.05) is 0 Å². The van der Waals surface area contributed by atoms with E-state index in [1.165, 1.54) is 30.0 Å². The molecule has 2 aromatic carbocycles. The minimum absolute atomic E-state index is 0.113. The van der Waals surface area contributed by atoms with E-state index in [1.54, 1.807) is 18.4 Å². The number of fused-ring (bicyclic) bond motifs is 1. The summed E-state index contributed by atoms with van der Waals surface area (Å²) in [6, 6.07) is 9.29. The second-order valence-electron chi connectivity index (χ2n) is 4.66. The summed E-state index contributed by atoms with van der Waals surface area (Å²) in [5.41, 5.74) is 0.556. The Morgan fingerprint density at radius 2 is 1.68 bits per heavy atom. The number of benzene rings is 2. The van der Waals surface area contributed by atoms with Gasteiger partial charge in [-0.15, -0.1) is 0 Å². The molecule has 6 heteroatoms. The lowest BCUT2D eigenvalue weighted by Crippen LogP contribution is -2.03. The van der Waals surface area contributed by atoms with Gasteiger partial charge in [0.25, 0.3) is 0 Å². The van der Waals surface area contributed by atoms with Gasteiger partial charge >= 0.3 is 6.18 Å². The molecular weight excluding hydrogens is 316 g/mol. The molecule has 0 saturated carbocycles. The van der Waals surface area contributed by atoms with Crippen molar-refractivity contribution in [3.05, 3.63) is 53.8 Å². The van der Waals surface area contributed by atoms with Gasteiger partial charge in [0.2, 0.25) is 0 Å². The van der Waals surface area contributed by atoms with Gasteiger partial charge in [-0.1, -0.05) is 36.0 Å². The van der Waals surface area contributed by atoms with Crippen molar-refractivity contribution in [2.75, 3.05) is 6.26 Å². The minimum atomic E-state index is -4.38.